The average molecular weight is 316 g/mol. The van der Waals surface area contributed by atoms with E-state index in [9.17, 15) is 0 Å². The van der Waals surface area contributed by atoms with E-state index in [1.54, 1.807) is 11.8 Å². The second-order valence-electron chi connectivity index (χ2n) is 5.50. The Morgan fingerprint density at radius 3 is 1.43 bits per heavy atom. The fourth-order valence-electron chi connectivity index (χ4n) is 2.85. The van der Waals surface area contributed by atoms with E-state index in [0.29, 0.717) is 0 Å². The van der Waals surface area contributed by atoms with Gasteiger partial charge in [-0.15, -0.1) is 0 Å². The van der Waals surface area contributed by atoms with Crippen LogP contribution >= 0.6 is 11.8 Å². The van der Waals surface area contributed by atoms with E-state index < -0.39 is 0 Å². The third-order valence-corrected chi connectivity index (χ3v) is 5.23. The van der Waals surface area contributed by atoms with E-state index >= 15 is 0 Å². The van der Waals surface area contributed by atoms with Crippen molar-refractivity contribution >= 4 is 44.7 Å². The summed E-state index contributed by atoms with van der Waals surface area (Å²) in [5, 5.41) is 4.47. The minimum absolute atomic E-state index is 0.806. The number of rotatable bonds is 2. The molecule has 23 heavy (non-hydrogen) atoms. The van der Waals surface area contributed by atoms with Crippen LogP contribution in [0.25, 0.3) is 21.5 Å². The molecule has 0 aliphatic carbocycles. The molecule has 0 saturated heterocycles. The first kappa shape index (κ1) is 14.0. The molecule has 0 fully saturated rings. The van der Waals surface area contributed by atoms with Crippen LogP contribution in [0.3, 0.4) is 0 Å². The maximum absolute atomic E-state index is 6.37. The van der Waals surface area contributed by atoms with Gasteiger partial charge in [-0.3, -0.25) is 0 Å². The molecule has 0 amide bonds. The lowest BCUT2D eigenvalue weighted by Crippen LogP contribution is -1.93. The van der Waals surface area contributed by atoms with Gasteiger partial charge in [-0.05, 0) is 22.9 Å². The highest BCUT2D eigenvalue weighted by atomic mass is 32.2. The van der Waals surface area contributed by atoms with Crippen molar-refractivity contribution in [2.45, 2.75) is 9.79 Å². The molecule has 0 bridgehead atoms. The molecule has 0 saturated carbocycles. The Hall–Kier alpha value is -2.65. The maximum atomic E-state index is 6.37. The maximum Gasteiger partial charge on any atom is 0.0535 e. The second-order valence-corrected chi connectivity index (χ2v) is 6.58. The van der Waals surface area contributed by atoms with Crippen LogP contribution in [0.2, 0.25) is 0 Å². The molecule has 0 unspecified atom stereocenters. The van der Waals surface area contributed by atoms with Crippen molar-refractivity contribution in [1.82, 2.24) is 0 Å². The molecule has 4 aromatic carbocycles. The lowest BCUT2D eigenvalue weighted by atomic mass is 10.1. The van der Waals surface area contributed by atoms with Crippen LogP contribution in [-0.4, -0.2) is 0 Å². The normalized spacial score (nSPS) is 11.1. The third kappa shape index (κ3) is 2.39. The van der Waals surface area contributed by atoms with Crippen LogP contribution in [0, 0.1) is 0 Å². The van der Waals surface area contributed by atoms with Crippen LogP contribution in [0.4, 0.5) is 11.4 Å². The summed E-state index contributed by atoms with van der Waals surface area (Å²) in [5.41, 5.74) is 14.3. The predicted octanol–water partition coefficient (Wildman–Crippen LogP) is 5.31. The Morgan fingerprint density at radius 2 is 0.957 bits per heavy atom. The molecular formula is C20H16N2S. The van der Waals surface area contributed by atoms with Crippen LogP contribution in [0.15, 0.2) is 82.6 Å². The molecule has 0 atom stereocenters. The molecule has 112 valence electrons. The summed E-state index contributed by atoms with van der Waals surface area (Å²) < 4.78 is 0. The molecule has 0 spiro atoms. The minimum atomic E-state index is 0.806. The Morgan fingerprint density at radius 1 is 0.522 bits per heavy atom. The average Bonchev–Trinajstić information content (AvgIpc) is 2.60. The number of benzene rings is 4. The smallest absolute Gasteiger partial charge is 0.0535 e. The summed E-state index contributed by atoms with van der Waals surface area (Å²) in [7, 11) is 0. The number of nitrogens with two attached hydrogens (primary N) is 2. The first-order valence-corrected chi connectivity index (χ1v) is 8.28. The standard InChI is InChI=1S/C20H16N2S/c21-19-15-7-3-1-5-13(15)9-11-17(19)23-18-12-10-14-6-2-4-8-16(14)20(18)22/h1-12H,21-22H2. The van der Waals surface area contributed by atoms with Gasteiger partial charge in [0.05, 0.1) is 11.4 Å². The Balaban J connectivity index is 1.82. The van der Waals surface area contributed by atoms with E-state index in [1.165, 1.54) is 0 Å². The van der Waals surface area contributed by atoms with E-state index in [4.69, 9.17) is 11.5 Å². The fourth-order valence-corrected chi connectivity index (χ4v) is 3.80. The summed E-state index contributed by atoms with van der Waals surface area (Å²) in [6.45, 7) is 0. The van der Waals surface area contributed by atoms with E-state index in [1.807, 2.05) is 24.3 Å². The van der Waals surface area contributed by atoms with Gasteiger partial charge >= 0.3 is 0 Å². The minimum Gasteiger partial charge on any atom is -0.397 e. The van der Waals surface area contributed by atoms with Gasteiger partial charge in [0, 0.05) is 20.6 Å². The summed E-state index contributed by atoms with van der Waals surface area (Å²) in [4.78, 5) is 2.07. The highest BCUT2D eigenvalue weighted by molar-refractivity contribution is 7.99. The fraction of sp³-hybridized carbons (Fsp3) is 0. The van der Waals surface area contributed by atoms with Gasteiger partial charge in [-0.2, -0.15) is 0 Å². The molecule has 0 aromatic heterocycles. The molecule has 2 nitrogen and oxygen atoms in total. The van der Waals surface area contributed by atoms with Gasteiger partial charge in [-0.1, -0.05) is 72.4 Å². The zero-order chi connectivity index (χ0) is 15.8. The van der Waals surface area contributed by atoms with Gasteiger partial charge < -0.3 is 11.5 Å². The zero-order valence-electron chi connectivity index (χ0n) is 12.5. The molecule has 4 N–H and O–H groups in total. The highest BCUT2D eigenvalue weighted by Gasteiger charge is 2.10. The first-order valence-electron chi connectivity index (χ1n) is 7.46. The summed E-state index contributed by atoms with van der Waals surface area (Å²) >= 11 is 1.62. The van der Waals surface area contributed by atoms with Gasteiger partial charge in [0.25, 0.3) is 0 Å². The van der Waals surface area contributed by atoms with E-state index in [-0.39, 0.29) is 0 Å². The quantitative estimate of drug-likeness (QED) is 0.493. The van der Waals surface area contributed by atoms with E-state index in [0.717, 1.165) is 42.7 Å². The molecule has 4 aromatic rings. The van der Waals surface area contributed by atoms with Crippen molar-refractivity contribution in [2.24, 2.45) is 0 Å². The van der Waals surface area contributed by atoms with Gasteiger partial charge in [-0.25, -0.2) is 0 Å². The Kier molecular flexibility index (Phi) is 3.36. The van der Waals surface area contributed by atoms with Crippen LogP contribution in [0.5, 0.6) is 0 Å². The van der Waals surface area contributed by atoms with Crippen molar-refractivity contribution < 1.29 is 0 Å². The zero-order valence-corrected chi connectivity index (χ0v) is 13.3. The van der Waals surface area contributed by atoms with Crippen LogP contribution in [-0.2, 0) is 0 Å². The molecular weight excluding hydrogens is 300 g/mol. The van der Waals surface area contributed by atoms with Gasteiger partial charge in [0.1, 0.15) is 0 Å². The number of hydrogen-bond acceptors (Lipinski definition) is 3. The summed E-state index contributed by atoms with van der Waals surface area (Å²) in [6, 6.07) is 24.7. The number of hydrogen-bond donors (Lipinski definition) is 2. The lowest BCUT2D eigenvalue weighted by molar-refractivity contribution is 1.45. The van der Waals surface area contributed by atoms with Crippen LogP contribution in [0.1, 0.15) is 0 Å². The largest absolute Gasteiger partial charge is 0.397 e. The first-order chi connectivity index (χ1) is 11.2. The molecule has 4 rings (SSSR count). The monoisotopic (exact) mass is 316 g/mol. The number of nitrogen functional groups attached to an aromatic ring is 2. The second kappa shape index (κ2) is 5.52. The van der Waals surface area contributed by atoms with Crippen LogP contribution < -0.4 is 11.5 Å². The lowest BCUT2D eigenvalue weighted by Gasteiger charge is -2.12. The summed E-state index contributed by atoms with van der Waals surface area (Å²) in [6.07, 6.45) is 0. The van der Waals surface area contributed by atoms with Crippen molar-refractivity contribution in [3.8, 4) is 0 Å². The topological polar surface area (TPSA) is 52.0 Å². The highest BCUT2D eigenvalue weighted by Crippen LogP contribution is 2.40. The molecule has 0 aliphatic rings. The SMILES string of the molecule is Nc1c(Sc2ccc3ccccc3c2N)ccc2ccccc12. The molecule has 3 heteroatoms. The van der Waals surface area contributed by atoms with Crippen molar-refractivity contribution in [2.75, 3.05) is 11.5 Å². The third-order valence-electron chi connectivity index (χ3n) is 4.08. The molecule has 0 heterocycles. The summed E-state index contributed by atoms with van der Waals surface area (Å²) in [5.74, 6) is 0. The Labute approximate surface area is 139 Å². The van der Waals surface area contributed by atoms with E-state index in [2.05, 4.69) is 48.5 Å². The van der Waals surface area contributed by atoms with Gasteiger partial charge in [0.15, 0.2) is 0 Å². The van der Waals surface area contributed by atoms with Gasteiger partial charge in [0.2, 0.25) is 0 Å². The molecule has 0 radical (unpaired) electrons. The predicted molar refractivity (Wildman–Crippen MR) is 101 cm³/mol. The molecule has 0 aliphatic heterocycles. The van der Waals surface area contributed by atoms with Crippen molar-refractivity contribution in [3.05, 3.63) is 72.8 Å². The number of fused-ring (bicyclic) bond motifs is 2. The van der Waals surface area contributed by atoms with Crippen molar-refractivity contribution in [3.63, 3.8) is 0 Å². The Bertz CT molecular complexity index is 941. The van der Waals surface area contributed by atoms with Crippen molar-refractivity contribution in [1.29, 1.82) is 0 Å². The number of anilines is 2.